The SMILES string of the molecule is CNS(=O)(=O)c1cnc(C[C@H](C)c2ccccc2)c(Br)c1. The number of aromatic nitrogens is 1. The second-order valence-electron chi connectivity index (χ2n) is 4.82. The number of rotatable bonds is 5. The van der Waals surface area contributed by atoms with Gasteiger partial charge in [0.25, 0.3) is 0 Å². The van der Waals surface area contributed by atoms with E-state index in [1.165, 1.54) is 18.8 Å². The van der Waals surface area contributed by atoms with Crippen LogP contribution in [0.5, 0.6) is 0 Å². The van der Waals surface area contributed by atoms with Crippen LogP contribution in [0.3, 0.4) is 0 Å². The molecule has 2 aromatic rings. The van der Waals surface area contributed by atoms with Crippen molar-refractivity contribution in [2.75, 3.05) is 7.05 Å². The largest absolute Gasteiger partial charge is 0.259 e. The van der Waals surface area contributed by atoms with E-state index >= 15 is 0 Å². The Kier molecular flexibility index (Phi) is 5.13. The fourth-order valence-corrected chi connectivity index (χ4v) is 3.42. The van der Waals surface area contributed by atoms with Gasteiger partial charge >= 0.3 is 0 Å². The molecule has 4 nitrogen and oxygen atoms in total. The maximum atomic E-state index is 11.7. The predicted octanol–water partition coefficient (Wildman–Crippen LogP) is 3.10. The van der Waals surface area contributed by atoms with Crippen molar-refractivity contribution in [3.05, 3.63) is 58.3 Å². The standard InChI is InChI=1S/C15H17BrN2O2S/c1-11(12-6-4-3-5-7-12)8-15-14(16)9-13(10-18-15)21(19,20)17-2/h3-7,9-11,17H,8H2,1-2H3/t11-/m0/s1. The van der Waals surface area contributed by atoms with Crippen LogP contribution in [0.2, 0.25) is 0 Å². The first-order valence-electron chi connectivity index (χ1n) is 6.57. The fraction of sp³-hybridized carbons (Fsp3) is 0.267. The van der Waals surface area contributed by atoms with Crippen LogP contribution in [0.4, 0.5) is 0 Å². The van der Waals surface area contributed by atoms with Gasteiger partial charge in [0.15, 0.2) is 0 Å². The molecule has 1 N–H and O–H groups in total. The molecule has 112 valence electrons. The van der Waals surface area contributed by atoms with Gasteiger partial charge in [0.2, 0.25) is 10.0 Å². The van der Waals surface area contributed by atoms with Crippen molar-refractivity contribution in [2.24, 2.45) is 0 Å². The van der Waals surface area contributed by atoms with Crippen LogP contribution in [-0.4, -0.2) is 20.4 Å². The van der Waals surface area contributed by atoms with E-state index in [0.717, 1.165) is 12.1 Å². The van der Waals surface area contributed by atoms with Crippen LogP contribution in [0.15, 0.2) is 52.0 Å². The van der Waals surface area contributed by atoms with Gasteiger partial charge in [-0.1, -0.05) is 37.3 Å². The summed E-state index contributed by atoms with van der Waals surface area (Å²) in [5.41, 5.74) is 2.08. The van der Waals surface area contributed by atoms with E-state index in [0.29, 0.717) is 10.4 Å². The van der Waals surface area contributed by atoms with Crippen LogP contribution in [0, 0.1) is 0 Å². The van der Waals surface area contributed by atoms with Crippen LogP contribution in [-0.2, 0) is 16.4 Å². The highest BCUT2D eigenvalue weighted by atomic mass is 79.9. The van der Waals surface area contributed by atoms with Crippen molar-refractivity contribution < 1.29 is 8.42 Å². The summed E-state index contributed by atoms with van der Waals surface area (Å²) in [4.78, 5) is 4.45. The fourth-order valence-electron chi connectivity index (χ4n) is 2.05. The van der Waals surface area contributed by atoms with Crippen LogP contribution in [0.1, 0.15) is 24.1 Å². The van der Waals surface area contributed by atoms with E-state index in [1.807, 2.05) is 18.2 Å². The number of sulfonamides is 1. The minimum Gasteiger partial charge on any atom is -0.259 e. The Morgan fingerprint density at radius 2 is 1.95 bits per heavy atom. The summed E-state index contributed by atoms with van der Waals surface area (Å²) in [7, 11) is -2.08. The third-order valence-electron chi connectivity index (χ3n) is 3.34. The second kappa shape index (κ2) is 6.68. The molecular weight excluding hydrogens is 352 g/mol. The van der Waals surface area contributed by atoms with Gasteiger partial charge in [-0.05, 0) is 46.9 Å². The Morgan fingerprint density at radius 1 is 1.29 bits per heavy atom. The molecular formula is C15H17BrN2O2S. The summed E-state index contributed by atoms with van der Waals surface area (Å²) in [6, 6.07) is 11.8. The maximum Gasteiger partial charge on any atom is 0.241 e. The molecule has 2 rings (SSSR count). The molecule has 0 aliphatic heterocycles. The van der Waals surface area contributed by atoms with Crippen LogP contribution >= 0.6 is 15.9 Å². The summed E-state index contributed by atoms with van der Waals surface area (Å²) in [6.45, 7) is 2.13. The van der Waals surface area contributed by atoms with Crippen molar-refractivity contribution in [1.29, 1.82) is 0 Å². The molecule has 1 aromatic heterocycles. The van der Waals surface area contributed by atoms with Gasteiger partial charge in [-0.25, -0.2) is 13.1 Å². The second-order valence-corrected chi connectivity index (χ2v) is 7.56. The molecule has 21 heavy (non-hydrogen) atoms. The topological polar surface area (TPSA) is 59.1 Å². The van der Waals surface area contributed by atoms with E-state index in [-0.39, 0.29) is 4.90 Å². The van der Waals surface area contributed by atoms with Crippen molar-refractivity contribution in [2.45, 2.75) is 24.2 Å². The number of hydrogen-bond acceptors (Lipinski definition) is 3. The Bertz CT molecular complexity index is 718. The van der Waals surface area contributed by atoms with E-state index in [4.69, 9.17) is 0 Å². The van der Waals surface area contributed by atoms with Crippen molar-refractivity contribution in [1.82, 2.24) is 9.71 Å². The number of pyridine rings is 1. The van der Waals surface area contributed by atoms with Gasteiger partial charge in [-0.15, -0.1) is 0 Å². The van der Waals surface area contributed by atoms with Gasteiger partial charge in [0.05, 0.1) is 5.69 Å². The van der Waals surface area contributed by atoms with Gasteiger partial charge in [0, 0.05) is 10.7 Å². The van der Waals surface area contributed by atoms with E-state index in [2.05, 4.69) is 44.7 Å². The molecule has 0 fully saturated rings. The number of nitrogens with zero attached hydrogens (tertiary/aromatic N) is 1. The molecule has 0 amide bonds. The zero-order valence-corrected chi connectivity index (χ0v) is 14.3. The summed E-state index contributed by atoms with van der Waals surface area (Å²) in [6.07, 6.45) is 2.13. The van der Waals surface area contributed by atoms with Gasteiger partial charge < -0.3 is 0 Å². The first-order chi connectivity index (χ1) is 9.94. The first kappa shape index (κ1) is 16.1. The Balaban J connectivity index is 2.23. The molecule has 1 heterocycles. The smallest absolute Gasteiger partial charge is 0.241 e. The number of nitrogens with one attached hydrogen (secondary N) is 1. The summed E-state index contributed by atoms with van der Waals surface area (Å²) in [5, 5.41) is 0. The summed E-state index contributed by atoms with van der Waals surface area (Å²) in [5.74, 6) is 0.307. The molecule has 0 aliphatic carbocycles. The highest BCUT2D eigenvalue weighted by molar-refractivity contribution is 9.10. The van der Waals surface area contributed by atoms with Crippen molar-refractivity contribution in [3.63, 3.8) is 0 Å². The molecule has 1 aromatic carbocycles. The highest BCUT2D eigenvalue weighted by Gasteiger charge is 2.16. The third kappa shape index (κ3) is 3.90. The van der Waals surface area contributed by atoms with Gasteiger partial charge in [0.1, 0.15) is 4.90 Å². The van der Waals surface area contributed by atoms with Gasteiger partial charge in [-0.2, -0.15) is 0 Å². The van der Waals surface area contributed by atoms with Gasteiger partial charge in [-0.3, -0.25) is 4.98 Å². The minimum atomic E-state index is -3.46. The summed E-state index contributed by atoms with van der Waals surface area (Å²) < 4.78 is 26.5. The zero-order valence-electron chi connectivity index (χ0n) is 11.9. The lowest BCUT2D eigenvalue weighted by atomic mass is 9.96. The maximum absolute atomic E-state index is 11.7. The molecule has 6 heteroatoms. The lowest BCUT2D eigenvalue weighted by Crippen LogP contribution is -2.19. The predicted molar refractivity (Wildman–Crippen MR) is 86.7 cm³/mol. The molecule has 0 unspecified atom stereocenters. The molecule has 0 saturated heterocycles. The molecule has 0 bridgehead atoms. The molecule has 0 aliphatic rings. The van der Waals surface area contributed by atoms with Crippen LogP contribution < -0.4 is 4.72 Å². The summed E-state index contributed by atoms with van der Waals surface area (Å²) >= 11 is 3.42. The number of halogens is 1. The minimum absolute atomic E-state index is 0.160. The Labute approximate surface area is 133 Å². The van der Waals surface area contributed by atoms with Crippen LogP contribution in [0.25, 0.3) is 0 Å². The normalized spacial score (nSPS) is 13.1. The van der Waals surface area contributed by atoms with E-state index < -0.39 is 10.0 Å². The van der Waals surface area contributed by atoms with E-state index in [1.54, 1.807) is 6.07 Å². The zero-order chi connectivity index (χ0) is 15.5. The number of hydrogen-bond donors (Lipinski definition) is 1. The van der Waals surface area contributed by atoms with Crippen molar-refractivity contribution in [3.8, 4) is 0 Å². The quantitative estimate of drug-likeness (QED) is 0.881. The van der Waals surface area contributed by atoms with Crippen molar-refractivity contribution >= 4 is 26.0 Å². The molecule has 1 atom stereocenters. The number of benzene rings is 1. The average molecular weight is 369 g/mol. The molecule has 0 saturated carbocycles. The molecule has 0 radical (unpaired) electrons. The Morgan fingerprint density at radius 3 is 2.52 bits per heavy atom. The average Bonchev–Trinajstić information content (AvgIpc) is 2.50. The highest BCUT2D eigenvalue weighted by Crippen LogP contribution is 2.25. The van der Waals surface area contributed by atoms with E-state index in [9.17, 15) is 8.42 Å². The first-order valence-corrected chi connectivity index (χ1v) is 8.84. The third-order valence-corrected chi connectivity index (χ3v) is 5.41. The monoisotopic (exact) mass is 368 g/mol. The lowest BCUT2D eigenvalue weighted by Gasteiger charge is -2.13. The Hall–Kier alpha value is -1.24. The lowest BCUT2D eigenvalue weighted by molar-refractivity contribution is 0.587. The molecule has 0 spiro atoms.